The molecular weight excluding hydrogens is 362 g/mol. The summed E-state index contributed by atoms with van der Waals surface area (Å²) in [5, 5.41) is 16.3. The lowest BCUT2D eigenvalue weighted by molar-refractivity contribution is -0.144. The smallest absolute Gasteiger partial charge is 0.246 e. The van der Waals surface area contributed by atoms with E-state index in [1.54, 1.807) is 29.9 Å². The van der Waals surface area contributed by atoms with E-state index in [1.165, 1.54) is 0 Å². The first-order valence-corrected chi connectivity index (χ1v) is 9.88. The number of amides is 3. The van der Waals surface area contributed by atoms with Crippen LogP contribution in [0.1, 0.15) is 44.2 Å². The van der Waals surface area contributed by atoms with Crippen molar-refractivity contribution in [2.24, 2.45) is 7.05 Å². The van der Waals surface area contributed by atoms with E-state index in [4.69, 9.17) is 0 Å². The third-order valence-corrected chi connectivity index (χ3v) is 5.40. The number of aromatic nitrogens is 3. The van der Waals surface area contributed by atoms with Gasteiger partial charge in [-0.25, -0.2) is 0 Å². The SMILES string of the molecule is CNCC(=O)NC1CCCCC2CCC(C(=O)NCc3cn(C)nn3)N2C1=O. The van der Waals surface area contributed by atoms with E-state index in [9.17, 15) is 14.4 Å². The summed E-state index contributed by atoms with van der Waals surface area (Å²) < 4.78 is 1.58. The van der Waals surface area contributed by atoms with E-state index in [1.807, 2.05) is 0 Å². The first kappa shape index (κ1) is 20.2. The van der Waals surface area contributed by atoms with Gasteiger partial charge in [-0.1, -0.05) is 18.1 Å². The van der Waals surface area contributed by atoms with Crippen LogP contribution in [0, 0.1) is 0 Å². The van der Waals surface area contributed by atoms with Gasteiger partial charge in [-0.2, -0.15) is 0 Å². The van der Waals surface area contributed by atoms with E-state index in [2.05, 4.69) is 26.3 Å². The Labute approximate surface area is 164 Å². The number of nitrogens with zero attached hydrogens (tertiary/aromatic N) is 4. The minimum Gasteiger partial charge on any atom is -0.349 e. The number of aryl methyl sites for hydroxylation is 1. The number of hydrogen-bond donors (Lipinski definition) is 3. The Bertz CT molecular complexity index is 720. The number of carbonyl (C=O) groups is 3. The number of nitrogens with one attached hydrogen (secondary N) is 3. The zero-order valence-corrected chi connectivity index (χ0v) is 16.5. The Morgan fingerprint density at radius 2 is 2.00 bits per heavy atom. The van der Waals surface area contributed by atoms with Crippen molar-refractivity contribution in [3.63, 3.8) is 0 Å². The molecule has 3 heterocycles. The summed E-state index contributed by atoms with van der Waals surface area (Å²) in [5.41, 5.74) is 0.668. The normalized spacial score (nSPS) is 25.0. The minimum atomic E-state index is -0.572. The van der Waals surface area contributed by atoms with Crippen LogP contribution in [0.4, 0.5) is 0 Å². The van der Waals surface area contributed by atoms with Gasteiger partial charge >= 0.3 is 0 Å². The van der Waals surface area contributed by atoms with Gasteiger partial charge < -0.3 is 20.9 Å². The predicted octanol–water partition coefficient (Wildman–Crippen LogP) is -0.931. The molecule has 3 amide bonds. The van der Waals surface area contributed by atoms with Gasteiger partial charge in [-0.3, -0.25) is 19.1 Å². The molecule has 2 fully saturated rings. The molecule has 2 saturated heterocycles. The van der Waals surface area contributed by atoms with Crippen molar-refractivity contribution >= 4 is 17.7 Å². The second-order valence-electron chi connectivity index (χ2n) is 7.53. The highest BCUT2D eigenvalue weighted by molar-refractivity contribution is 5.93. The average molecular weight is 391 g/mol. The van der Waals surface area contributed by atoms with Crippen LogP contribution in [0.5, 0.6) is 0 Å². The molecule has 0 aromatic carbocycles. The second kappa shape index (κ2) is 9.13. The number of likely N-dealkylation sites (N-methyl/N-ethyl adjacent to an activating group) is 1. The molecule has 0 spiro atoms. The maximum absolute atomic E-state index is 13.2. The standard InChI is InChI=1S/C18H29N7O3/c1-19-10-16(26)21-14-6-4-3-5-13-7-8-15(25(13)18(14)28)17(27)20-9-12-11-24(2)23-22-12/h11,13-15,19H,3-10H2,1-2H3,(H,20,27)(H,21,26). The topological polar surface area (TPSA) is 121 Å². The van der Waals surface area contributed by atoms with Crippen LogP contribution in [-0.4, -0.2) is 69.3 Å². The highest BCUT2D eigenvalue weighted by Crippen LogP contribution is 2.31. The molecular formula is C18H29N7O3. The van der Waals surface area contributed by atoms with Crippen LogP contribution < -0.4 is 16.0 Å². The minimum absolute atomic E-state index is 0.0590. The summed E-state index contributed by atoms with van der Waals surface area (Å²) in [6.45, 7) is 0.438. The van der Waals surface area contributed by atoms with Crippen molar-refractivity contribution in [1.29, 1.82) is 0 Å². The van der Waals surface area contributed by atoms with Crippen molar-refractivity contribution in [2.45, 2.75) is 63.2 Å². The number of carbonyl (C=O) groups excluding carboxylic acids is 3. The monoisotopic (exact) mass is 391 g/mol. The summed E-state index contributed by atoms with van der Waals surface area (Å²) in [4.78, 5) is 39.7. The molecule has 0 saturated carbocycles. The molecule has 0 bridgehead atoms. The maximum Gasteiger partial charge on any atom is 0.246 e. The van der Waals surface area contributed by atoms with Gasteiger partial charge in [0.1, 0.15) is 17.8 Å². The summed E-state index contributed by atoms with van der Waals surface area (Å²) in [5.74, 6) is -0.533. The van der Waals surface area contributed by atoms with Gasteiger partial charge in [-0.15, -0.1) is 5.10 Å². The van der Waals surface area contributed by atoms with E-state index in [-0.39, 0.29) is 36.9 Å². The largest absolute Gasteiger partial charge is 0.349 e. The highest BCUT2D eigenvalue weighted by Gasteiger charge is 2.43. The Morgan fingerprint density at radius 1 is 1.21 bits per heavy atom. The zero-order valence-electron chi connectivity index (χ0n) is 16.5. The van der Waals surface area contributed by atoms with Crippen LogP contribution in [-0.2, 0) is 28.0 Å². The van der Waals surface area contributed by atoms with Crippen molar-refractivity contribution in [3.8, 4) is 0 Å². The Morgan fingerprint density at radius 3 is 2.71 bits per heavy atom. The van der Waals surface area contributed by atoms with Gasteiger partial charge in [0.25, 0.3) is 0 Å². The van der Waals surface area contributed by atoms with Crippen LogP contribution in [0.2, 0.25) is 0 Å². The van der Waals surface area contributed by atoms with Crippen LogP contribution in [0.25, 0.3) is 0 Å². The van der Waals surface area contributed by atoms with Crippen molar-refractivity contribution in [3.05, 3.63) is 11.9 Å². The number of fused-ring (bicyclic) bond motifs is 1. The Kier molecular flexibility index (Phi) is 6.61. The lowest BCUT2D eigenvalue weighted by Crippen LogP contribution is -2.57. The maximum atomic E-state index is 13.2. The molecule has 1 aromatic rings. The fraction of sp³-hybridized carbons (Fsp3) is 0.722. The zero-order chi connectivity index (χ0) is 20.1. The fourth-order valence-electron chi connectivity index (χ4n) is 4.10. The molecule has 3 unspecified atom stereocenters. The van der Waals surface area contributed by atoms with E-state index in [0.717, 1.165) is 25.7 Å². The van der Waals surface area contributed by atoms with Crippen LogP contribution in [0.3, 0.4) is 0 Å². The van der Waals surface area contributed by atoms with Gasteiger partial charge in [0.15, 0.2) is 0 Å². The highest BCUT2D eigenvalue weighted by atomic mass is 16.2. The summed E-state index contributed by atoms with van der Waals surface area (Å²) in [6.07, 6.45) is 6.57. The molecule has 3 N–H and O–H groups in total. The Hall–Kier alpha value is -2.49. The fourth-order valence-corrected chi connectivity index (χ4v) is 4.10. The summed E-state index contributed by atoms with van der Waals surface area (Å²) >= 11 is 0. The summed E-state index contributed by atoms with van der Waals surface area (Å²) in [7, 11) is 3.45. The number of hydrogen-bond acceptors (Lipinski definition) is 6. The van der Waals surface area contributed by atoms with Crippen molar-refractivity contribution in [2.75, 3.05) is 13.6 Å². The van der Waals surface area contributed by atoms with Crippen LogP contribution >= 0.6 is 0 Å². The molecule has 10 nitrogen and oxygen atoms in total. The summed E-state index contributed by atoms with van der Waals surface area (Å²) in [6, 6.07) is -1.02. The molecule has 2 aliphatic rings. The molecule has 28 heavy (non-hydrogen) atoms. The van der Waals surface area contributed by atoms with Crippen LogP contribution in [0.15, 0.2) is 6.20 Å². The van der Waals surface area contributed by atoms with E-state index < -0.39 is 12.1 Å². The van der Waals surface area contributed by atoms with Gasteiger partial charge in [-0.05, 0) is 32.7 Å². The third kappa shape index (κ3) is 4.67. The Balaban J connectivity index is 1.67. The molecule has 10 heteroatoms. The van der Waals surface area contributed by atoms with E-state index >= 15 is 0 Å². The quantitative estimate of drug-likeness (QED) is 0.576. The van der Waals surface area contributed by atoms with E-state index in [0.29, 0.717) is 18.5 Å². The lowest BCUT2D eigenvalue weighted by atomic mass is 9.99. The first-order valence-electron chi connectivity index (χ1n) is 9.88. The molecule has 3 rings (SSSR count). The molecule has 154 valence electrons. The molecule has 1 aromatic heterocycles. The predicted molar refractivity (Wildman–Crippen MR) is 101 cm³/mol. The third-order valence-electron chi connectivity index (χ3n) is 5.40. The van der Waals surface area contributed by atoms with Gasteiger partial charge in [0, 0.05) is 19.3 Å². The average Bonchev–Trinajstić information content (AvgIpc) is 3.26. The molecule has 3 atom stereocenters. The lowest BCUT2D eigenvalue weighted by Gasteiger charge is -2.35. The van der Waals surface area contributed by atoms with Crippen molar-refractivity contribution in [1.82, 2.24) is 35.8 Å². The van der Waals surface area contributed by atoms with Gasteiger partial charge in [0.05, 0.1) is 13.1 Å². The van der Waals surface area contributed by atoms with Gasteiger partial charge in [0.2, 0.25) is 17.7 Å². The number of rotatable bonds is 6. The molecule has 0 radical (unpaired) electrons. The first-order chi connectivity index (χ1) is 13.5. The molecule has 2 aliphatic heterocycles. The van der Waals surface area contributed by atoms with Crippen molar-refractivity contribution < 1.29 is 14.4 Å². The molecule has 0 aliphatic carbocycles. The second-order valence-corrected chi connectivity index (χ2v) is 7.53.